The van der Waals surface area contributed by atoms with Crippen LogP contribution < -0.4 is 0 Å². The molecule has 0 unspecified atom stereocenters. The number of carbonyl (C=O) groups is 2. The molecule has 1 aliphatic rings. The third-order valence-corrected chi connectivity index (χ3v) is 2.76. The fourth-order valence-corrected chi connectivity index (χ4v) is 1.70. The van der Waals surface area contributed by atoms with Crippen LogP contribution in [-0.4, -0.2) is 32.8 Å². The molecule has 0 saturated heterocycles. The Balaban J connectivity index is 0.00000180. The van der Waals surface area contributed by atoms with Crippen LogP contribution in [0, 0.1) is 5.41 Å². The summed E-state index contributed by atoms with van der Waals surface area (Å²) < 4.78 is 0. The van der Waals surface area contributed by atoms with Crippen molar-refractivity contribution >= 4 is 17.7 Å². The first-order chi connectivity index (χ1) is 8.56. The predicted octanol–water partition coefficient (Wildman–Crippen LogP) is 0.941. The van der Waals surface area contributed by atoms with Crippen LogP contribution in [0.2, 0.25) is 0 Å². The Kier molecular flexibility index (Phi) is 4.58. The predicted molar refractivity (Wildman–Crippen MR) is 62.2 cm³/mol. The minimum absolute atomic E-state index is 0. The summed E-state index contributed by atoms with van der Waals surface area (Å²) in [5.74, 6) is -2.82. The molecule has 19 heavy (non-hydrogen) atoms. The Morgan fingerprint density at radius 1 is 1.21 bits per heavy atom. The number of pyridine rings is 1. The van der Waals surface area contributed by atoms with Crippen LogP contribution in [0.3, 0.4) is 0 Å². The van der Waals surface area contributed by atoms with Crippen molar-refractivity contribution in [2.45, 2.75) is 6.42 Å². The van der Waals surface area contributed by atoms with E-state index in [1.54, 1.807) is 24.4 Å². The molecule has 1 aromatic rings. The van der Waals surface area contributed by atoms with Gasteiger partial charge in [-0.3, -0.25) is 19.6 Å². The summed E-state index contributed by atoms with van der Waals surface area (Å²) in [4.78, 5) is 30.4. The summed E-state index contributed by atoms with van der Waals surface area (Å²) in [5, 5.41) is 18.2. The van der Waals surface area contributed by atoms with E-state index >= 15 is 0 Å². The van der Waals surface area contributed by atoms with Gasteiger partial charge >= 0.3 is 11.9 Å². The van der Waals surface area contributed by atoms with Crippen LogP contribution in [0.4, 0.5) is 0 Å². The Hall–Kier alpha value is -1.98. The molecule has 7 heteroatoms. The van der Waals surface area contributed by atoms with Gasteiger partial charge in [-0.25, -0.2) is 0 Å². The van der Waals surface area contributed by atoms with Gasteiger partial charge in [0, 0.05) is 35.9 Å². The summed E-state index contributed by atoms with van der Waals surface area (Å²) in [6.45, 7) is 0. The van der Waals surface area contributed by atoms with E-state index in [1.807, 2.05) is 0 Å². The maximum Gasteiger partial charge on any atom is 0.325 e. The van der Waals surface area contributed by atoms with E-state index in [2.05, 4.69) is 9.98 Å². The van der Waals surface area contributed by atoms with Crippen molar-refractivity contribution in [1.29, 1.82) is 0 Å². The average molecular weight is 310 g/mol. The van der Waals surface area contributed by atoms with E-state index in [0.717, 1.165) is 6.08 Å². The molecule has 103 valence electrons. The standard InChI is InChI=1S/C12H10N2O4.Cu/c15-10(16)12(11(17)18)4-6-14-9(7-12)8-3-1-2-5-13-8;/h1-6H,7H2,(H,15,16)(H,17,18);. The fraction of sp³-hybridized carbons (Fsp3) is 0.167. The van der Waals surface area contributed by atoms with E-state index in [-0.39, 0.29) is 23.5 Å². The molecule has 2 N–H and O–H groups in total. The van der Waals surface area contributed by atoms with Crippen molar-refractivity contribution < 1.29 is 36.9 Å². The first kappa shape index (κ1) is 15.1. The molecule has 0 aliphatic carbocycles. The molecule has 0 amide bonds. The zero-order valence-corrected chi connectivity index (χ0v) is 10.5. The Morgan fingerprint density at radius 3 is 2.42 bits per heavy atom. The summed E-state index contributed by atoms with van der Waals surface area (Å²) in [6.07, 6.45) is 3.62. The van der Waals surface area contributed by atoms with Gasteiger partial charge in [-0.2, -0.15) is 0 Å². The molecule has 1 aromatic heterocycles. The average Bonchev–Trinajstić information content (AvgIpc) is 2.39. The zero-order valence-electron chi connectivity index (χ0n) is 9.58. The van der Waals surface area contributed by atoms with Crippen LogP contribution in [0.15, 0.2) is 41.7 Å². The van der Waals surface area contributed by atoms with Crippen LogP contribution in [0.25, 0.3) is 0 Å². The number of aromatic nitrogens is 1. The Labute approximate surface area is 119 Å². The topological polar surface area (TPSA) is 99.8 Å². The molecule has 0 spiro atoms. The molecule has 0 aromatic carbocycles. The number of aliphatic carboxylic acids is 2. The van der Waals surface area contributed by atoms with Crippen LogP contribution >= 0.6 is 0 Å². The molecule has 2 rings (SSSR count). The second kappa shape index (κ2) is 5.77. The quantitative estimate of drug-likeness (QED) is 0.639. The Morgan fingerprint density at radius 2 is 1.89 bits per heavy atom. The van der Waals surface area contributed by atoms with Crippen LogP contribution in [-0.2, 0) is 26.7 Å². The van der Waals surface area contributed by atoms with Gasteiger partial charge in [0.1, 0.15) is 0 Å². The van der Waals surface area contributed by atoms with Gasteiger partial charge in [-0.1, -0.05) is 6.07 Å². The minimum atomic E-state index is -1.96. The van der Waals surface area contributed by atoms with Crippen LogP contribution in [0.1, 0.15) is 12.1 Å². The second-order valence-corrected chi connectivity index (χ2v) is 3.86. The van der Waals surface area contributed by atoms with Gasteiger partial charge in [-0.05, 0) is 18.2 Å². The number of hydrogen-bond donors (Lipinski definition) is 2. The van der Waals surface area contributed by atoms with Crippen molar-refractivity contribution in [2.24, 2.45) is 10.4 Å². The number of rotatable bonds is 3. The largest absolute Gasteiger partial charge is 0.480 e. The molecule has 1 radical (unpaired) electrons. The van der Waals surface area contributed by atoms with E-state index in [1.165, 1.54) is 6.20 Å². The normalized spacial score (nSPS) is 16.1. The number of hydrogen-bond acceptors (Lipinski definition) is 4. The first-order valence-electron chi connectivity index (χ1n) is 5.19. The zero-order chi connectivity index (χ0) is 13.2. The van der Waals surface area contributed by atoms with Crippen molar-refractivity contribution in [3.63, 3.8) is 0 Å². The summed E-state index contributed by atoms with van der Waals surface area (Å²) >= 11 is 0. The van der Waals surface area contributed by atoms with Crippen molar-refractivity contribution in [3.8, 4) is 0 Å². The minimum Gasteiger partial charge on any atom is -0.480 e. The van der Waals surface area contributed by atoms with Gasteiger partial charge in [0.25, 0.3) is 0 Å². The second-order valence-electron chi connectivity index (χ2n) is 3.86. The third-order valence-electron chi connectivity index (χ3n) is 2.76. The van der Waals surface area contributed by atoms with Gasteiger partial charge in [0.15, 0.2) is 5.41 Å². The molecule has 0 saturated carbocycles. The molecular formula is C12H10CuN2O4. The maximum atomic E-state index is 11.2. The molecule has 6 nitrogen and oxygen atoms in total. The number of aliphatic imine (C=N–C) groups is 1. The summed E-state index contributed by atoms with van der Waals surface area (Å²) in [7, 11) is 0. The van der Waals surface area contributed by atoms with E-state index in [9.17, 15) is 9.59 Å². The third kappa shape index (κ3) is 2.72. The van der Waals surface area contributed by atoms with Crippen molar-refractivity contribution in [1.82, 2.24) is 4.98 Å². The molecule has 0 atom stereocenters. The summed E-state index contributed by atoms with van der Waals surface area (Å²) in [5.41, 5.74) is -1.13. The van der Waals surface area contributed by atoms with Gasteiger partial charge in [0.05, 0.1) is 11.4 Å². The van der Waals surface area contributed by atoms with Gasteiger partial charge in [0.2, 0.25) is 0 Å². The number of carboxylic acid groups (broad SMARTS) is 2. The number of nitrogens with zero attached hydrogens (tertiary/aromatic N) is 2. The van der Waals surface area contributed by atoms with E-state index in [4.69, 9.17) is 10.2 Å². The molecular weight excluding hydrogens is 300 g/mol. The Bertz CT molecular complexity index is 540. The molecule has 2 heterocycles. The molecule has 1 aliphatic heterocycles. The van der Waals surface area contributed by atoms with E-state index in [0.29, 0.717) is 11.4 Å². The monoisotopic (exact) mass is 309 g/mol. The van der Waals surface area contributed by atoms with Crippen LogP contribution in [0.5, 0.6) is 0 Å². The molecule has 0 fully saturated rings. The maximum absolute atomic E-state index is 11.2. The smallest absolute Gasteiger partial charge is 0.325 e. The van der Waals surface area contributed by atoms with Gasteiger partial charge in [-0.15, -0.1) is 0 Å². The van der Waals surface area contributed by atoms with Gasteiger partial charge < -0.3 is 10.2 Å². The molecule has 0 bridgehead atoms. The van der Waals surface area contributed by atoms with E-state index < -0.39 is 17.4 Å². The fourth-order valence-electron chi connectivity index (χ4n) is 1.70. The van der Waals surface area contributed by atoms with Crippen molar-refractivity contribution in [2.75, 3.05) is 0 Å². The SMILES string of the molecule is O=C(O)C1(C(=O)O)C=CN=C(c2ccccn2)C1.[Cu]. The van der Waals surface area contributed by atoms with Crippen molar-refractivity contribution in [3.05, 3.63) is 42.4 Å². The summed E-state index contributed by atoms with van der Waals surface area (Å²) in [6, 6.07) is 5.10. The first-order valence-corrected chi connectivity index (χ1v) is 5.19. The number of carboxylic acids is 2.